The summed E-state index contributed by atoms with van der Waals surface area (Å²) in [4.78, 5) is 4.26. The van der Waals surface area contributed by atoms with Crippen molar-refractivity contribution in [3.8, 4) is 22.8 Å². The highest BCUT2D eigenvalue weighted by molar-refractivity contribution is 5.68. The molecule has 0 fully saturated rings. The van der Waals surface area contributed by atoms with Crippen molar-refractivity contribution in [2.24, 2.45) is 5.73 Å². The van der Waals surface area contributed by atoms with Gasteiger partial charge in [-0.05, 0) is 18.2 Å². The van der Waals surface area contributed by atoms with Crippen LogP contribution in [-0.4, -0.2) is 19.2 Å². The van der Waals surface area contributed by atoms with E-state index in [2.05, 4.69) is 4.98 Å². The summed E-state index contributed by atoms with van der Waals surface area (Å²) in [6.45, 7) is 0.270. The Morgan fingerprint density at radius 1 is 1.29 bits per heavy atom. The van der Waals surface area contributed by atoms with E-state index in [1.165, 1.54) is 0 Å². The average molecular weight is 234 g/mol. The number of nitrogens with zero attached hydrogens (tertiary/aromatic N) is 1. The molecule has 0 radical (unpaired) electrons. The number of hydrogen-bond acceptors (Lipinski definition) is 5. The predicted octanol–water partition coefficient (Wildman–Crippen LogP) is 1.82. The van der Waals surface area contributed by atoms with Gasteiger partial charge in [-0.15, -0.1) is 0 Å². The largest absolute Gasteiger partial charge is 0.497 e. The molecular weight excluding hydrogens is 220 g/mol. The third-order valence-corrected chi connectivity index (χ3v) is 2.41. The van der Waals surface area contributed by atoms with E-state index in [0.29, 0.717) is 17.3 Å². The molecule has 1 aromatic carbocycles. The van der Waals surface area contributed by atoms with Gasteiger partial charge < -0.3 is 19.6 Å². The summed E-state index contributed by atoms with van der Waals surface area (Å²) >= 11 is 0. The standard InChI is InChI=1S/C12H14N2O3/c1-15-8-3-4-11(16-2)9(5-8)10-7-17-12(6-13)14-10/h3-5,7H,6,13H2,1-2H3. The van der Waals surface area contributed by atoms with Gasteiger partial charge in [0.25, 0.3) is 0 Å². The highest BCUT2D eigenvalue weighted by Crippen LogP contribution is 2.32. The lowest BCUT2D eigenvalue weighted by Crippen LogP contribution is -1.96. The molecule has 5 nitrogen and oxygen atoms in total. The van der Waals surface area contributed by atoms with Crippen LogP contribution >= 0.6 is 0 Å². The Bertz CT molecular complexity index is 508. The Morgan fingerprint density at radius 2 is 2.12 bits per heavy atom. The monoisotopic (exact) mass is 234 g/mol. The van der Waals surface area contributed by atoms with E-state index in [4.69, 9.17) is 19.6 Å². The van der Waals surface area contributed by atoms with Gasteiger partial charge in [-0.3, -0.25) is 0 Å². The van der Waals surface area contributed by atoms with Crippen molar-refractivity contribution < 1.29 is 13.9 Å². The van der Waals surface area contributed by atoms with Crippen molar-refractivity contribution in [1.29, 1.82) is 0 Å². The number of ether oxygens (including phenoxy) is 2. The molecule has 0 bridgehead atoms. The Hall–Kier alpha value is -2.01. The molecule has 2 aromatic rings. The van der Waals surface area contributed by atoms with E-state index in [9.17, 15) is 0 Å². The van der Waals surface area contributed by atoms with E-state index in [0.717, 1.165) is 11.3 Å². The first-order valence-corrected chi connectivity index (χ1v) is 5.15. The summed E-state index contributed by atoms with van der Waals surface area (Å²) in [6, 6.07) is 5.49. The highest BCUT2D eigenvalue weighted by Gasteiger charge is 2.11. The average Bonchev–Trinajstić information content (AvgIpc) is 2.86. The molecule has 1 aromatic heterocycles. The molecule has 0 spiro atoms. The molecule has 0 aliphatic heterocycles. The van der Waals surface area contributed by atoms with Crippen LogP contribution in [0, 0.1) is 0 Å². The van der Waals surface area contributed by atoms with Crippen LogP contribution in [0.25, 0.3) is 11.3 Å². The minimum Gasteiger partial charge on any atom is -0.497 e. The Kier molecular flexibility index (Phi) is 3.30. The maximum Gasteiger partial charge on any atom is 0.208 e. The van der Waals surface area contributed by atoms with Crippen LogP contribution in [0.1, 0.15) is 5.89 Å². The lowest BCUT2D eigenvalue weighted by molar-refractivity contribution is 0.404. The van der Waals surface area contributed by atoms with Gasteiger partial charge in [0.2, 0.25) is 5.89 Å². The first-order valence-electron chi connectivity index (χ1n) is 5.15. The van der Waals surface area contributed by atoms with E-state index in [-0.39, 0.29) is 6.54 Å². The second-order valence-corrected chi connectivity index (χ2v) is 3.40. The molecule has 1 heterocycles. The van der Waals surface area contributed by atoms with Gasteiger partial charge >= 0.3 is 0 Å². The van der Waals surface area contributed by atoms with Gasteiger partial charge in [0.1, 0.15) is 23.5 Å². The molecule has 0 aliphatic carbocycles. The van der Waals surface area contributed by atoms with Crippen LogP contribution in [0.4, 0.5) is 0 Å². The van der Waals surface area contributed by atoms with E-state index >= 15 is 0 Å². The van der Waals surface area contributed by atoms with Crippen molar-refractivity contribution in [1.82, 2.24) is 4.98 Å². The molecule has 0 atom stereocenters. The molecule has 0 amide bonds. The minimum absolute atomic E-state index is 0.270. The Balaban J connectivity index is 2.47. The number of nitrogens with two attached hydrogens (primary N) is 1. The van der Waals surface area contributed by atoms with E-state index < -0.39 is 0 Å². The smallest absolute Gasteiger partial charge is 0.208 e. The van der Waals surface area contributed by atoms with Crippen molar-refractivity contribution in [2.75, 3.05) is 14.2 Å². The Labute approximate surface area is 99.2 Å². The SMILES string of the molecule is COc1ccc(OC)c(-c2coc(CN)n2)c1. The second-order valence-electron chi connectivity index (χ2n) is 3.40. The van der Waals surface area contributed by atoms with Crippen LogP contribution in [-0.2, 0) is 6.54 Å². The zero-order chi connectivity index (χ0) is 12.3. The van der Waals surface area contributed by atoms with Gasteiger partial charge in [0.05, 0.1) is 20.8 Å². The second kappa shape index (κ2) is 4.88. The van der Waals surface area contributed by atoms with Gasteiger partial charge in [0, 0.05) is 5.56 Å². The lowest BCUT2D eigenvalue weighted by Gasteiger charge is -2.07. The number of methoxy groups -OCH3 is 2. The normalized spacial score (nSPS) is 10.3. The van der Waals surface area contributed by atoms with Gasteiger partial charge in [-0.25, -0.2) is 4.98 Å². The molecule has 0 saturated carbocycles. The molecule has 0 saturated heterocycles. The zero-order valence-electron chi connectivity index (χ0n) is 9.77. The predicted molar refractivity (Wildman–Crippen MR) is 62.9 cm³/mol. The molecular formula is C12H14N2O3. The van der Waals surface area contributed by atoms with Gasteiger partial charge in [-0.1, -0.05) is 0 Å². The zero-order valence-corrected chi connectivity index (χ0v) is 9.77. The van der Waals surface area contributed by atoms with Crippen LogP contribution < -0.4 is 15.2 Å². The van der Waals surface area contributed by atoms with Crippen LogP contribution in [0.3, 0.4) is 0 Å². The minimum atomic E-state index is 0.270. The summed E-state index contributed by atoms with van der Waals surface area (Å²) in [5.41, 5.74) is 6.95. The fourth-order valence-corrected chi connectivity index (χ4v) is 1.54. The summed E-state index contributed by atoms with van der Waals surface area (Å²) in [5, 5.41) is 0. The van der Waals surface area contributed by atoms with Crippen LogP contribution in [0.5, 0.6) is 11.5 Å². The number of benzene rings is 1. The van der Waals surface area contributed by atoms with Crippen molar-refractivity contribution >= 4 is 0 Å². The maximum atomic E-state index is 5.46. The quantitative estimate of drug-likeness (QED) is 0.873. The number of rotatable bonds is 4. The molecule has 5 heteroatoms. The van der Waals surface area contributed by atoms with Crippen LogP contribution in [0.2, 0.25) is 0 Å². The fourth-order valence-electron chi connectivity index (χ4n) is 1.54. The van der Waals surface area contributed by atoms with Crippen molar-refractivity contribution in [3.63, 3.8) is 0 Å². The van der Waals surface area contributed by atoms with Crippen LogP contribution in [0.15, 0.2) is 28.9 Å². The van der Waals surface area contributed by atoms with Crippen molar-refractivity contribution in [3.05, 3.63) is 30.4 Å². The summed E-state index contributed by atoms with van der Waals surface area (Å²) in [6.07, 6.45) is 1.56. The first kappa shape index (κ1) is 11.5. The third-order valence-electron chi connectivity index (χ3n) is 2.41. The molecule has 17 heavy (non-hydrogen) atoms. The first-order chi connectivity index (χ1) is 8.28. The summed E-state index contributed by atoms with van der Waals surface area (Å²) in [5.74, 6) is 1.94. The number of oxazole rings is 1. The molecule has 2 rings (SSSR count). The molecule has 0 unspecified atom stereocenters. The third kappa shape index (κ3) is 2.24. The molecule has 90 valence electrons. The Morgan fingerprint density at radius 3 is 2.71 bits per heavy atom. The van der Waals surface area contributed by atoms with E-state index in [1.54, 1.807) is 20.5 Å². The highest BCUT2D eigenvalue weighted by atomic mass is 16.5. The fraction of sp³-hybridized carbons (Fsp3) is 0.250. The topological polar surface area (TPSA) is 70.5 Å². The maximum absolute atomic E-state index is 5.46. The number of hydrogen-bond donors (Lipinski definition) is 1. The molecule has 0 aliphatic rings. The number of aromatic nitrogens is 1. The lowest BCUT2D eigenvalue weighted by atomic mass is 10.1. The van der Waals surface area contributed by atoms with E-state index in [1.807, 2.05) is 18.2 Å². The van der Waals surface area contributed by atoms with Crippen molar-refractivity contribution in [2.45, 2.75) is 6.54 Å². The van der Waals surface area contributed by atoms with Gasteiger partial charge in [-0.2, -0.15) is 0 Å². The summed E-state index contributed by atoms with van der Waals surface area (Å²) in [7, 11) is 3.22. The molecule has 2 N–H and O–H groups in total. The summed E-state index contributed by atoms with van der Waals surface area (Å²) < 4.78 is 15.7. The van der Waals surface area contributed by atoms with Gasteiger partial charge in [0.15, 0.2) is 0 Å².